The summed E-state index contributed by atoms with van der Waals surface area (Å²) in [5.41, 5.74) is 0.709. The molecule has 0 aliphatic carbocycles. The molecule has 2 aromatic carbocycles. The van der Waals surface area contributed by atoms with E-state index >= 15 is 0 Å². The number of carbonyl (C=O) groups is 1. The van der Waals surface area contributed by atoms with Crippen LogP contribution in [0, 0.1) is 5.82 Å². The Balaban J connectivity index is 1.75. The Hall–Kier alpha value is -2.56. The van der Waals surface area contributed by atoms with Gasteiger partial charge >= 0.3 is 0 Å². The summed E-state index contributed by atoms with van der Waals surface area (Å²) >= 11 is 1.40. The van der Waals surface area contributed by atoms with Gasteiger partial charge in [-0.1, -0.05) is 17.4 Å². The SMILES string of the molecule is CCOc1cccc2sc(N(CCN(C)C)C(=O)CCCS(=O)(=O)c3ccc(F)cc3)nc12. The number of aromatic nitrogens is 1. The van der Waals surface area contributed by atoms with Crippen LogP contribution in [0.2, 0.25) is 0 Å². The van der Waals surface area contributed by atoms with Crippen LogP contribution >= 0.6 is 11.3 Å². The van der Waals surface area contributed by atoms with Crippen LogP contribution in [-0.2, 0) is 14.6 Å². The monoisotopic (exact) mass is 493 g/mol. The van der Waals surface area contributed by atoms with Crippen molar-refractivity contribution in [1.82, 2.24) is 9.88 Å². The summed E-state index contributed by atoms with van der Waals surface area (Å²) in [7, 11) is 0.244. The van der Waals surface area contributed by atoms with E-state index in [9.17, 15) is 17.6 Å². The fraction of sp³-hybridized carbons (Fsp3) is 0.391. The predicted molar refractivity (Wildman–Crippen MR) is 129 cm³/mol. The first-order valence-corrected chi connectivity index (χ1v) is 13.1. The third kappa shape index (κ3) is 6.49. The van der Waals surface area contributed by atoms with Crippen LogP contribution in [0.5, 0.6) is 5.75 Å². The van der Waals surface area contributed by atoms with E-state index in [1.165, 1.54) is 23.5 Å². The van der Waals surface area contributed by atoms with Gasteiger partial charge in [0, 0.05) is 19.5 Å². The first kappa shape index (κ1) is 25.1. The molecule has 178 valence electrons. The highest BCUT2D eigenvalue weighted by molar-refractivity contribution is 7.91. The van der Waals surface area contributed by atoms with E-state index in [0.717, 1.165) is 16.8 Å². The topological polar surface area (TPSA) is 79.8 Å². The number of carbonyl (C=O) groups excluding carboxylic acids is 1. The van der Waals surface area contributed by atoms with Gasteiger partial charge in [0.25, 0.3) is 0 Å². The maximum absolute atomic E-state index is 13.1. The quantitative estimate of drug-likeness (QED) is 0.376. The Morgan fingerprint density at radius 3 is 2.52 bits per heavy atom. The molecule has 0 N–H and O–H groups in total. The van der Waals surface area contributed by atoms with Crippen molar-refractivity contribution in [2.75, 3.05) is 44.4 Å². The summed E-state index contributed by atoms with van der Waals surface area (Å²) < 4.78 is 44.7. The molecule has 0 aliphatic heterocycles. The highest BCUT2D eigenvalue weighted by atomic mass is 32.2. The van der Waals surface area contributed by atoms with Gasteiger partial charge in [-0.2, -0.15) is 0 Å². The van der Waals surface area contributed by atoms with Crippen LogP contribution in [-0.4, -0.2) is 63.8 Å². The molecule has 0 radical (unpaired) electrons. The summed E-state index contributed by atoms with van der Waals surface area (Å²) in [6, 6.07) is 10.4. The minimum absolute atomic E-state index is 0.0513. The fourth-order valence-electron chi connectivity index (χ4n) is 3.23. The number of benzene rings is 2. The number of para-hydroxylation sites is 1. The number of rotatable bonds is 11. The van der Waals surface area contributed by atoms with Crippen molar-refractivity contribution in [2.24, 2.45) is 0 Å². The fourth-order valence-corrected chi connectivity index (χ4v) is 5.57. The second-order valence-electron chi connectivity index (χ2n) is 7.76. The lowest BCUT2D eigenvalue weighted by Crippen LogP contribution is -2.36. The number of anilines is 1. The zero-order valence-electron chi connectivity index (χ0n) is 19.0. The van der Waals surface area contributed by atoms with E-state index < -0.39 is 15.7 Å². The molecule has 1 amide bonds. The summed E-state index contributed by atoms with van der Waals surface area (Å²) in [6.45, 7) is 3.48. The molecule has 0 atom stereocenters. The van der Waals surface area contributed by atoms with Gasteiger partial charge in [-0.3, -0.25) is 9.69 Å². The number of nitrogens with zero attached hydrogens (tertiary/aromatic N) is 3. The first-order chi connectivity index (χ1) is 15.7. The lowest BCUT2D eigenvalue weighted by Gasteiger charge is -2.22. The van der Waals surface area contributed by atoms with E-state index in [4.69, 9.17) is 4.74 Å². The van der Waals surface area contributed by atoms with E-state index in [1.54, 1.807) is 4.90 Å². The van der Waals surface area contributed by atoms with Gasteiger partial charge in [-0.15, -0.1) is 0 Å². The molecule has 1 aromatic heterocycles. The Kier molecular flexibility index (Phi) is 8.39. The average molecular weight is 494 g/mol. The second-order valence-corrected chi connectivity index (χ2v) is 10.9. The lowest BCUT2D eigenvalue weighted by atomic mass is 10.3. The molecule has 7 nitrogen and oxygen atoms in total. The molecule has 3 aromatic rings. The largest absolute Gasteiger partial charge is 0.492 e. The molecule has 0 saturated heterocycles. The van der Waals surface area contributed by atoms with Gasteiger partial charge < -0.3 is 9.64 Å². The Morgan fingerprint density at radius 1 is 1.12 bits per heavy atom. The average Bonchev–Trinajstić information content (AvgIpc) is 3.19. The lowest BCUT2D eigenvalue weighted by molar-refractivity contribution is -0.118. The van der Waals surface area contributed by atoms with Crippen LogP contribution in [0.4, 0.5) is 9.52 Å². The first-order valence-electron chi connectivity index (χ1n) is 10.7. The molecule has 3 rings (SSSR count). The van der Waals surface area contributed by atoms with Gasteiger partial charge in [0.1, 0.15) is 17.1 Å². The second kappa shape index (κ2) is 11.0. The summed E-state index contributed by atoms with van der Waals surface area (Å²) in [6.07, 6.45) is 0.216. The van der Waals surface area contributed by atoms with Crippen molar-refractivity contribution in [1.29, 1.82) is 0 Å². The van der Waals surface area contributed by atoms with Gasteiger partial charge in [-0.25, -0.2) is 17.8 Å². The standard InChI is InChI=1S/C23H28FN3O4S2/c1-4-31-19-7-5-8-20-22(19)25-23(32-20)27(15-14-26(2)3)21(28)9-6-16-33(29,30)18-12-10-17(24)11-13-18/h5,7-8,10-13H,4,6,9,14-16H2,1-3H3. The highest BCUT2D eigenvalue weighted by Gasteiger charge is 2.22. The number of amides is 1. The molecular weight excluding hydrogens is 465 g/mol. The van der Waals surface area contributed by atoms with Crippen molar-refractivity contribution in [3.8, 4) is 5.75 Å². The molecule has 0 fully saturated rings. The zero-order chi connectivity index (χ0) is 24.0. The summed E-state index contributed by atoms with van der Waals surface area (Å²) in [5, 5.41) is 0.561. The summed E-state index contributed by atoms with van der Waals surface area (Å²) in [4.78, 5) is 21.4. The number of hydrogen-bond acceptors (Lipinski definition) is 7. The third-order valence-corrected chi connectivity index (χ3v) is 7.81. The molecule has 1 heterocycles. The number of sulfone groups is 1. The molecule has 0 bridgehead atoms. The molecule has 0 aliphatic rings. The number of thiazole rings is 1. The van der Waals surface area contributed by atoms with Crippen molar-refractivity contribution < 1.29 is 22.3 Å². The van der Waals surface area contributed by atoms with Crippen LogP contribution in [0.3, 0.4) is 0 Å². The van der Waals surface area contributed by atoms with Gasteiger partial charge in [0.05, 0.1) is 22.0 Å². The van der Waals surface area contributed by atoms with Gasteiger partial charge in [0.2, 0.25) is 5.91 Å². The smallest absolute Gasteiger partial charge is 0.228 e. The van der Waals surface area contributed by atoms with Crippen LogP contribution in [0.25, 0.3) is 10.2 Å². The third-order valence-electron chi connectivity index (χ3n) is 4.95. The highest BCUT2D eigenvalue weighted by Crippen LogP contribution is 2.34. The predicted octanol–water partition coefficient (Wildman–Crippen LogP) is 3.98. The molecule has 33 heavy (non-hydrogen) atoms. The summed E-state index contributed by atoms with van der Waals surface area (Å²) in [5.74, 6) is -0.213. The van der Waals surface area contributed by atoms with Crippen molar-refractivity contribution in [3.05, 3.63) is 48.3 Å². The maximum Gasteiger partial charge on any atom is 0.228 e. The number of hydrogen-bond donors (Lipinski definition) is 0. The minimum Gasteiger partial charge on any atom is -0.492 e. The molecule has 0 unspecified atom stereocenters. The van der Waals surface area contributed by atoms with E-state index in [0.29, 0.717) is 36.1 Å². The Labute approximate surface area is 197 Å². The molecular formula is C23H28FN3O4S2. The zero-order valence-corrected chi connectivity index (χ0v) is 20.6. The number of halogens is 1. The molecule has 0 saturated carbocycles. The minimum atomic E-state index is -3.60. The van der Waals surface area contributed by atoms with Gasteiger partial charge in [0.15, 0.2) is 15.0 Å². The van der Waals surface area contributed by atoms with E-state index in [-0.39, 0.29) is 29.4 Å². The van der Waals surface area contributed by atoms with Crippen LogP contribution in [0.1, 0.15) is 19.8 Å². The normalized spacial score (nSPS) is 11.8. The number of likely N-dealkylation sites (N-methyl/N-ethyl adjacent to an activating group) is 1. The Bertz CT molecular complexity index is 1190. The van der Waals surface area contributed by atoms with E-state index in [2.05, 4.69) is 4.98 Å². The number of ether oxygens (including phenoxy) is 1. The van der Waals surface area contributed by atoms with Crippen molar-refractivity contribution in [3.63, 3.8) is 0 Å². The van der Waals surface area contributed by atoms with Crippen LogP contribution < -0.4 is 9.64 Å². The van der Waals surface area contributed by atoms with Crippen LogP contribution in [0.15, 0.2) is 47.4 Å². The van der Waals surface area contributed by atoms with Crippen molar-refractivity contribution >= 4 is 42.4 Å². The maximum atomic E-state index is 13.1. The van der Waals surface area contributed by atoms with Gasteiger partial charge in [-0.05, 0) is 63.8 Å². The van der Waals surface area contributed by atoms with Crippen molar-refractivity contribution in [2.45, 2.75) is 24.7 Å². The van der Waals surface area contributed by atoms with E-state index in [1.807, 2.05) is 44.1 Å². The molecule has 10 heteroatoms. The number of fused-ring (bicyclic) bond motifs is 1. The molecule has 0 spiro atoms. The Morgan fingerprint density at radius 2 is 1.85 bits per heavy atom.